The molecule has 0 heterocycles. The molecule has 6 heteroatoms. The van der Waals surface area contributed by atoms with E-state index < -0.39 is 17.6 Å². The summed E-state index contributed by atoms with van der Waals surface area (Å²) in [5.74, 6) is -0.605. The lowest BCUT2D eigenvalue weighted by Crippen LogP contribution is -2.10. The van der Waals surface area contributed by atoms with Crippen LogP contribution in [0.15, 0.2) is 36.0 Å². The van der Waals surface area contributed by atoms with Crippen molar-refractivity contribution in [1.82, 2.24) is 0 Å². The molecule has 0 atom stereocenters. The summed E-state index contributed by atoms with van der Waals surface area (Å²) in [7, 11) is 0. The molecule has 0 aromatic heterocycles. The zero-order chi connectivity index (χ0) is 13.8. The van der Waals surface area contributed by atoms with Crippen molar-refractivity contribution >= 4 is 11.6 Å². The van der Waals surface area contributed by atoms with Crippen LogP contribution in [0.2, 0.25) is 0 Å². The maximum absolute atomic E-state index is 12.3. The third kappa shape index (κ3) is 4.12. The van der Waals surface area contributed by atoms with E-state index in [2.05, 4.69) is 5.32 Å². The lowest BCUT2D eigenvalue weighted by atomic mass is 10.2. The molecular formula is C12H13F3N2O. The molecule has 1 aromatic rings. The number of hydrogen-bond donors (Lipinski definition) is 2. The SMILES string of the molecule is CC/C(=C\C(N)=O)Nc1ccc(C(F)(F)F)cc1. The van der Waals surface area contributed by atoms with Gasteiger partial charge in [0.2, 0.25) is 5.91 Å². The number of anilines is 1. The van der Waals surface area contributed by atoms with Crippen LogP contribution in [0, 0.1) is 0 Å². The predicted octanol–water partition coefficient (Wildman–Crippen LogP) is 2.90. The van der Waals surface area contributed by atoms with Gasteiger partial charge in [-0.1, -0.05) is 6.92 Å². The van der Waals surface area contributed by atoms with Gasteiger partial charge in [0.25, 0.3) is 0 Å². The second kappa shape index (κ2) is 5.57. The number of primary amides is 1. The van der Waals surface area contributed by atoms with Crippen LogP contribution in [0.25, 0.3) is 0 Å². The largest absolute Gasteiger partial charge is 0.416 e. The number of amides is 1. The van der Waals surface area contributed by atoms with Crippen LogP contribution < -0.4 is 11.1 Å². The molecule has 0 fully saturated rings. The monoisotopic (exact) mass is 258 g/mol. The fraction of sp³-hybridized carbons (Fsp3) is 0.250. The van der Waals surface area contributed by atoms with E-state index in [4.69, 9.17) is 5.73 Å². The van der Waals surface area contributed by atoms with Crippen LogP contribution in [0.3, 0.4) is 0 Å². The molecule has 3 nitrogen and oxygen atoms in total. The smallest absolute Gasteiger partial charge is 0.366 e. The fourth-order valence-electron chi connectivity index (χ4n) is 1.33. The first-order chi connectivity index (χ1) is 8.32. The molecule has 1 amide bonds. The highest BCUT2D eigenvalue weighted by Gasteiger charge is 2.29. The summed E-state index contributed by atoms with van der Waals surface area (Å²) in [6, 6.07) is 4.54. The van der Waals surface area contributed by atoms with Crippen molar-refractivity contribution in [2.24, 2.45) is 5.73 Å². The van der Waals surface area contributed by atoms with Crippen LogP contribution in [0.1, 0.15) is 18.9 Å². The average molecular weight is 258 g/mol. The summed E-state index contributed by atoms with van der Waals surface area (Å²) in [5, 5.41) is 2.83. The molecule has 0 aliphatic rings. The van der Waals surface area contributed by atoms with Gasteiger partial charge in [0.05, 0.1) is 5.56 Å². The van der Waals surface area contributed by atoms with E-state index in [1.165, 1.54) is 18.2 Å². The van der Waals surface area contributed by atoms with Crippen LogP contribution in [-0.4, -0.2) is 5.91 Å². The van der Waals surface area contributed by atoms with E-state index >= 15 is 0 Å². The molecule has 0 aliphatic heterocycles. The Kier molecular flexibility index (Phi) is 4.36. The van der Waals surface area contributed by atoms with Gasteiger partial charge in [-0.2, -0.15) is 13.2 Å². The zero-order valence-electron chi connectivity index (χ0n) is 9.71. The van der Waals surface area contributed by atoms with Gasteiger partial charge in [0.15, 0.2) is 0 Å². The number of hydrogen-bond acceptors (Lipinski definition) is 2. The highest BCUT2D eigenvalue weighted by atomic mass is 19.4. The summed E-state index contributed by atoms with van der Waals surface area (Å²) in [5.41, 5.74) is 5.30. The van der Waals surface area contributed by atoms with E-state index in [0.29, 0.717) is 17.8 Å². The summed E-state index contributed by atoms with van der Waals surface area (Å²) >= 11 is 0. The van der Waals surface area contributed by atoms with E-state index in [1.807, 2.05) is 0 Å². The van der Waals surface area contributed by atoms with Crippen molar-refractivity contribution in [3.63, 3.8) is 0 Å². The molecule has 0 saturated heterocycles. The van der Waals surface area contributed by atoms with Crippen molar-refractivity contribution in [3.05, 3.63) is 41.6 Å². The molecule has 1 aromatic carbocycles. The lowest BCUT2D eigenvalue weighted by Gasteiger charge is -2.10. The fourth-order valence-corrected chi connectivity index (χ4v) is 1.33. The Morgan fingerprint density at radius 3 is 2.28 bits per heavy atom. The number of rotatable bonds is 4. The van der Waals surface area contributed by atoms with Gasteiger partial charge in [-0.25, -0.2) is 0 Å². The average Bonchev–Trinajstić information content (AvgIpc) is 2.27. The maximum atomic E-state index is 12.3. The van der Waals surface area contributed by atoms with Gasteiger partial charge in [-0.15, -0.1) is 0 Å². The van der Waals surface area contributed by atoms with Gasteiger partial charge in [0, 0.05) is 17.5 Å². The first kappa shape index (κ1) is 14.1. The number of allylic oxidation sites excluding steroid dienone is 1. The molecule has 0 radical (unpaired) electrons. The Morgan fingerprint density at radius 2 is 1.89 bits per heavy atom. The van der Waals surface area contributed by atoms with Crippen LogP contribution in [-0.2, 0) is 11.0 Å². The Bertz CT molecular complexity index is 449. The predicted molar refractivity (Wildman–Crippen MR) is 62.6 cm³/mol. The maximum Gasteiger partial charge on any atom is 0.416 e. The highest BCUT2D eigenvalue weighted by molar-refractivity contribution is 5.87. The first-order valence-electron chi connectivity index (χ1n) is 5.27. The molecule has 0 spiro atoms. The van der Waals surface area contributed by atoms with Crippen molar-refractivity contribution in [2.45, 2.75) is 19.5 Å². The molecular weight excluding hydrogens is 245 g/mol. The van der Waals surface area contributed by atoms with Crippen LogP contribution in [0.4, 0.5) is 18.9 Å². The quantitative estimate of drug-likeness (QED) is 0.816. The zero-order valence-corrected chi connectivity index (χ0v) is 9.71. The minimum atomic E-state index is -4.35. The van der Waals surface area contributed by atoms with E-state index in [-0.39, 0.29) is 0 Å². The third-order valence-electron chi connectivity index (χ3n) is 2.21. The normalized spacial score (nSPS) is 12.3. The molecule has 1 rings (SSSR count). The highest BCUT2D eigenvalue weighted by Crippen LogP contribution is 2.30. The number of nitrogens with two attached hydrogens (primary N) is 1. The van der Waals surface area contributed by atoms with Crippen molar-refractivity contribution in [2.75, 3.05) is 5.32 Å². The summed E-state index contributed by atoms with van der Waals surface area (Å²) < 4.78 is 37.0. The number of carbonyl (C=O) groups excluding carboxylic acids is 1. The minimum absolute atomic E-state index is 0.470. The Morgan fingerprint density at radius 1 is 1.33 bits per heavy atom. The summed E-state index contributed by atoms with van der Waals surface area (Å²) in [6.45, 7) is 1.80. The van der Waals surface area contributed by atoms with Gasteiger partial charge in [0.1, 0.15) is 0 Å². The lowest BCUT2D eigenvalue weighted by molar-refractivity contribution is -0.137. The van der Waals surface area contributed by atoms with Crippen LogP contribution in [0.5, 0.6) is 0 Å². The van der Waals surface area contributed by atoms with Gasteiger partial charge < -0.3 is 11.1 Å². The van der Waals surface area contributed by atoms with Gasteiger partial charge in [-0.05, 0) is 30.7 Å². The molecule has 0 saturated carbocycles. The second-order valence-corrected chi connectivity index (χ2v) is 3.63. The van der Waals surface area contributed by atoms with E-state index in [9.17, 15) is 18.0 Å². The third-order valence-corrected chi connectivity index (χ3v) is 2.21. The number of benzene rings is 1. The second-order valence-electron chi connectivity index (χ2n) is 3.63. The van der Waals surface area contributed by atoms with Crippen molar-refractivity contribution in [1.29, 1.82) is 0 Å². The Hall–Kier alpha value is -1.98. The molecule has 0 unspecified atom stereocenters. The number of halogens is 3. The Labute approximate surface area is 102 Å². The molecule has 3 N–H and O–H groups in total. The molecule has 18 heavy (non-hydrogen) atoms. The first-order valence-corrected chi connectivity index (χ1v) is 5.27. The van der Waals surface area contributed by atoms with E-state index in [1.54, 1.807) is 6.92 Å². The van der Waals surface area contributed by atoms with E-state index in [0.717, 1.165) is 12.1 Å². The molecule has 0 bridgehead atoms. The Balaban J connectivity index is 2.84. The number of carbonyl (C=O) groups is 1. The standard InChI is InChI=1S/C12H13F3N2O/c1-2-9(7-11(16)18)17-10-5-3-8(4-6-10)12(13,14)15/h3-7,17H,2H2,1H3,(H2,16,18)/b9-7+. The molecule has 0 aliphatic carbocycles. The van der Waals surface area contributed by atoms with Gasteiger partial charge >= 0.3 is 6.18 Å². The van der Waals surface area contributed by atoms with Gasteiger partial charge in [-0.3, -0.25) is 4.79 Å². The number of nitrogens with one attached hydrogen (secondary N) is 1. The molecule has 98 valence electrons. The van der Waals surface area contributed by atoms with Crippen LogP contribution >= 0.6 is 0 Å². The topological polar surface area (TPSA) is 55.1 Å². The minimum Gasteiger partial charge on any atom is -0.366 e. The number of alkyl halides is 3. The van der Waals surface area contributed by atoms with Crippen molar-refractivity contribution in [3.8, 4) is 0 Å². The summed E-state index contributed by atoms with van der Waals surface area (Å²) in [6.07, 6.45) is -2.63. The summed E-state index contributed by atoms with van der Waals surface area (Å²) in [4.78, 5) is 10.7. The van der Waals surface area contributed by atoms with Crippen molar-refractivity contribution < 1.29 is 18.0 Å².